The lowest BCUT2D eigenvalue weighted by Gasteiger charge is -2.04. The van der Waals surface area contributed by atoms with Gasteiger partial charge >= 0.3 is 5.97 Å². The van der Waals surface area contributed by atoms with Crippen molar-refractivity contribution in [2.24, 2.45) is 0 Å². The van der Waals surface area contributed by atoms with Gasteiger partial charge in [0.2, 0.25) is 12.6 Å². The predicted molar refractivity (Wildman–Crippen MR) is 87.9 cm³/mol. The standard InChI is InChI=1S/C19H14O6/c1-2-18(20)24-12-4-5-13-15(9-12)25-17(19(13)21)8-11-3-6-14-16(7-11)23-10-22-14/h3-9H,2,10H2,1H3/b17-8-. The molecule has 0 spiro atoms. The number of fused-ring (bicyclic) bond motifs is 2. The number of ether oxygens (including phenoxy) is 4. The summed E-state index contributed by atoms with van der Waals surface area (Å²) in [5.74, 6) is 1.66. The Morgan fingerprint density at radius 2 is 1.96 bits per heavy atom. The van der Waals surface area contributed by atoms with Crippen LogP contribution in [0.3, 0.4) is 0 Å². The molecule has 2 aromatic rings. The summed E-state index contributed by atoms with van der Waals surface area (Å²) in [7, 11) is 0. The molecule has 6 heteroatoms. The summed E-state index contributed by atoms with van der Waals surface area (Å²) in [5, 5.41) is 0. The number of allylic oxidation sites excluding steroid dienone is 1. The lowest BCUT2D eigenvalue weighted by Crippen LogP contribution is -2.05. The average Bonchev–Trinajstić information content (AvgIpc) is 3.19. The SMILES string of the molecule is CCC(=O)Oc1ccc2c(c1)O/C(=C\c1ccc3c(c1)OCO3)C2=O. The first-order chi connectivity index (χ1) is 12.1. The first kappa shape index (κ1) is 15.3. The van der Waals surface area contributed by atoms with Gasteiger partial charge in [-0.3, -0.25) is 9.59 Å². The molecule has 0 aromatic heterocycles. The van der Waals surface area contributed by atoms with E-state index in [-0.39, 0.29) is 30.7 Å². The fourth-order valence-electron chi connectivity index (χ4n) is 2.59. The van der Waals surface area contributed by atoms with Crippen molar-refractivity contribution in [2.45, 2.75) is 13.3 Å². The van der Waals surface area contributed by atoms with E-state index in [4.69, 9.17) is 18.9 Å². The monoisotopic (exact) mass is 338 g/mol. The number of carbonyl (C=O) groups excluding carboxylic acids is 2. The molecular formula is C19H14O6. The van der Waals surface area contributed by atoms with Crippen molar-refractivity contribution >= 4 is 17.8 Å². The van der Waals surface area contributed by atoms with E-state index in [9.17, 15) is 9.59 Å². The molecule has 0 fully saturated rings. The molecule has 0 aliphatic carbocycles. The molecular weight excluding hydrogens is 324 g/mol. The Morgan fingerprint density at radius 3 is 2.80 bits per heavy atom. The highest BCUT2D eigenvalue weighted by Gasteiger charge is 2.28. The Kier molecular flexibility index (Phi) is 3.65. The van der Waals surface area contributed by atoms with Gasteiger partial charge in [0.25, 0.3) is 0 Å². The topological polar surface area (TPSA) is 71.1 Å². The Labute approximate surface area is 143 Å². The van der Waals surface area contributed by atoms with Crippen molar-refractivity contribution in [3.05, 3.63) is 53.3 Å². The molecule has 126 valence electrons. The second kappa shape index (κ2) is 5.98. The van der Waals surface area contributed by atoms with Crippen LogP contribution in [0, 0.1) is 0 Å². The molecule has 2 heterocycles. The molecule has 0 bridgehead atoms. The quantitative estimate of drug-likeness (QED) is 0.485. The maximum atomic E-state index is 12.5. The van der Waals surface area contributed by atoms with E-state index in [0.29, 0.717) is 28.6 Å². The summed E-state index contributed by atoms with van der Waals surface area (Å²) in [6.07, 6.45) is 1.91. The summed E-state index contributed by atoms with van der Waals surface area (Å²) < 4.78 is 21.4. The zero-order chi connectivity index (χ0) is 17.4. The zero-order valence-corrected chi connectivity index (χ0v) is 13.4. The normalized spacial score (nSPS) is 15.9. The molecule has 2 aromatic carbocycles. The van der Waals surface area contributed by atoms with Crippen LogP contribution in [-0.4, -0.2) is 18.5 Å². The molecule has 0 N–H and O–H groups in total. The van der Waals surface area contributed by atoms with E-state index in [1.165, 1.54) is 0 Å². The van der Waals surface area contributed by atoms with Gasteiger partial charge in [-0.2, -0.15) is 0 Å². The molecule has 2 aliphatic rings. The summed E-state index contributed by atoms with van der Waals surface area (Å²) in [6.45, 7) is 1.90. The van der Waals surface area contributed by atoms with E-state index in [1.807, 2.05) is 6.07 Å². The van der Waals surface area contributed by atoms with Crippen molar-refractivity contribution < 1.29 is 28.5 Å². The fourth-order valence-corrected chi connectivity index (χ4v) is 2.59. The Balaban J connectivity index is 1.60. The molecule has 0 unspecified atom stereocenters. The van der Waals surface area contributed by atoms with E-state index in [1.54, 1.807) is 43.3 Å². The van der Waals surface area contributed by atoms with E-state index >= 15 is 0 Å². The van der Waals surface area contributed by atoms with Gasteiger partial charge < -0.3 is 18.9 Å². The molecule has 0 radical (unpaired) electrons. The molecule has 0 amide bonds. The van der Waals surface area contributed by atoms with Crippen LogP contribution in [0.4, 0.5) is 0 Å². The van der Waals surface area contributed by atoms with Gasteiger partial charge in [-0.05, 0) is 35.9 Å². The number of benzene rings is 2. The van der Waals surface area contributed by atoms with Crippen molar-refractivity contribution in [1.82, 2.24) is 0 Å². The van der Waals surface area contributed by atoms with E-state index in [2.05, 4.69) is 0 Å². The van der Waals surface area contributed by atoms with E-state index < -0.39 is 0 Å². The zero-order valence-electron chi connectivity index (χ0n) is 13.4. The van der Waals surface area contributed by atoms with Gasteiger partial charge in [0.05, 0.1) is 5.56 Å². The number of hydrogen-bond acceptors (Lipinski definition) is 6. The Hall–Kier alpha value is -3.28. The number of esters is 1. The maximum absolute atomic E-state index is 12.5. The highest BCUT2D eigenvalue weighted by Crippen LogP contribution is 2.37. The van der Waals surface area contributed by atoms with Crippen molar-refractivity contribution in [3.63, 3.8) is 0 Å². The first-order valence-corrected chi connectivity index (χ1v) is 7.82. The smallest absolute Gasteiger partial charge is 0.310 e. The summed E-state index contributed by atoms with van der Waals surface area (Å²) >= 11 is 0. The largest absolute Gasteiger partial charge is 0.454 e. The van der Waals surface area contributed by atoms with Crippen LogP contribution >= 0.6 is 0 Å². The van der Waals surface area contributed by atoms with Crippen molar-refractivity contribution in [3.8, 4) is 23.0 Å². The lowest BCUT2D eigenvalue weighted by atomic mass is 10.1. The second-order valence-electron chi connectivity index (χ2n) is 5.54. The van der Waals surface area contributed by atoms with Crippen LogP contribution in [0.1, 0.15) is 29.3 Å². The molecule has 25 heavy (non-hydrogen) atoms. The number of ketones is 1. The first-order valence-electron chi connectivity index (χ1n) is 7.82. The second-order valence-corrected chi connectivity index (χ2v) is 5.54. The lowest BCUT2D eigenvalue weighted by molar-refractivity contribution is -0.134. The number of hydrogen-bond donors (Lipinski definition) is 0. The van der Waals surface area contributed by atoms with Gasteiger partial charge in [-0.1, -0.05) is 13.0 Å². The predicted octanol–water partition coefficient (Wildman–Crippen LogP) is 3.35. The van der Waals surface area contributed by atoms with Gasteiger partial charge in [0.1, 0.15) is 11.5 Å². The highest BCUT2D eigenvalue weighted by atomic mass is 16.7. The minimum atomic E-state index is -0.347. The third-order valence-electron chi connectivity index (χ3n) is 3.86. The van der Waals surface area contributed by atoms with Crippen molar-refractivity contribution in [2.75, 3.05) is 6.79 Å². The third kappa shape index (κ3) is 2.82. The van der Waals surface area contributed by atoms with Crippen LogP contribution in [0.5, 0.6) is 23.0 Å². The molecule has 0 atom stereocenters. The van der Waals surface area contributed by atoms with Gasteiger partial charge in [0, 0.05) is 12.5 Å². The molecule has 2 aliphatic heterocycles. The third-order valence-corrected chi connectivity index (χ3v) is 3.86. The van der Waals surface area contributed by atoms with Crippen LogP contribution in [0.2, 0.25) is 0 Å². The summed E-state index contributed by atoms with van der Waals surface area (Å²) in [4.78, 5) is 23.8. The summed E-state index contributed by atoms with van der Waals surface area (Å²) in [5.41, 5.74) is 1.20. The van der Waals surface area contributed by atoms with Crippen LogP contribution < -0.4 is 18.9 Å². The minimum absolute atomic E-state index is 0.190. The number of Topliss-reactive ketones (excluding diaryl/α,β-unsaturated/α-hetero) is 1. The average molecular weight is 338 g/mol. The molecule has 4 rings (SSSR count). The van der Waals surface area contributed by atoms with E-state index in [0.717, 1.165) is 5.56 Å². The minimum Gasteiger partial charge on any atom is -0.454 e. The van der Waals surface area contributed by atoms with Crippen molar-refractivity contribution in [1.29, 1.82) is 0 Å². The van der Waals surface area contributed by atoms with Gasteiger partial charge in [0.15, 0.2) is 17.3 Å². The molecule has 0 saturated heterocycles. The fraction of sp³-hybridized carbons (Fsp3) is 0.158. The van der Waals surface area contributed by atoms with Crippen LogP contribution in [-0.2, 0) is 4.79 Å². The Morgan fingerprint density at radius 1 is 1.12 bits per heavy atom. The molecule has 0 saturated carbocycles. The van der Waals surface area contributed by atoms with Gasteiger partial charge in [-0.25, -0.2) is 0 Å². The number of rotatable bonds is 3. The van der Waals surface area contributed by atoms with Gasteiger partial charge in [-0.15, -0.1) is 0 Å². The maximum Gasteiger partial charge on any atom is 0.310 e. The summed E-state index contributed by atoms with van der Waals surface area (Å²) in [6, 6.07) is 10.1. The number of carbonyl (C=O) groups is 2. The van der Waals surface area contributed by atoms with Crippen LogP contribution in [0.25, 0.3) is 6.08 Å². The highest BCUT2D eigenvalue weighted by molar-refractivity contribution is 6.14. The Bertz CT molecular complexity index is 912. The molecule has 6 nitrogen and oxygen atoms in total. The van der Waals surface area contributed by atoms with Crippen LogP contribution in [0.15, 0.2) is 42.2 Å².